The number of rotatable bonds is 7. The summed E-state index contributed by atoms with van der Waals surface area (Å²) in [5.74, 6) is 0.557. The highest BCUT2D eigenvalue weighted by Crippen LogP contribution is 2.45. The zero-order chi connectivity index (χ0) is 24.4. The number of para-hydroxylation sites is 2. The molecule has 1 aromatic heterocycles. The Balaban J connectivity index is 1.82. The highest BCUT2D eigenvalue weighted by Gasteiger charge is 2.49. The number of nitrogens with zero attached hydrogens (tertiary/aromatic N) is 1. The van der Waals surface area contributed by atoms with Gasteiger partial charge >= 0.3 is 0 Å². The molecular formula is C27H27NO6. The summed E-state index contributed by atoms with van der Waals surface area (Å²) in [5.41, 5.74) is 0.743. The molecule has 1 fully saturated rings. The van der Waals surface area contributed by atoms with E-state index in [9.17, 15) is 14.7 Å². The van der Waals surface area contributed by atoms with E-state index in [4.69, 9.17) is 13.9 Å². The summed E-state index contributed by atoms with van der Waals surface area (Å²) in [6.07, 6.45) is 0. The zero-order valence-electron chi connectivity index (χ0n) is 19.6. The second-order valence-electron chi connectivity index (χ2n) is 8.52. The van der Waals surface area contributed by atoms with E-state index in [-0.39, 0.29) is 11.3 Å². The molecule has 1 saturated heterocycles. The third-order valence-corrected chi connectivity index (χ3v) is 5.53. The lowest BCUT2D eigenvalue weighted by atomic mass is 9.99. The van der Waals surface area contributed by atoms with E-state index in [1.54, 1.807) is 67.6 Å². The van der Waals surface area contributed by atoms with Gasteiger partial charge in [0.2, 0.25) is 0 Å². The van der Waals surface area contributed by atoms with Gasteiger partial charge in [0.05, 0.1) is 25.0 Å². The second-order valence-corrected chi connectivity index (χ2v) is 8.52. The standard InChI is InChI=1S/C27H27NO6/c1-16(2)15-33-19-12-10-18(11-13-19)25(29)23-24(22-14-9-17(3)34-22)28(27(31)26(23)30)20-7-5-6-8-21(20)32-4/h5-14,16,24,29H,15H2,1-4H3/b25-23-. The van der Waals surface area contributed by atoms with Crippen LogP contribution in [-0.4, -0.2) is 30.5 Å². The molecule has 1 N–H and O–H groups in total. The summed E-state index contributed by atoms with van der Waals surface area (Å²) < 4.78 is 17.0. The van der Waals surface area contributed by atoms with Gasteiger partial charge < -0.3 is 19.0 Å². The summed E-state index contributed by atoms with van der Waals surface area (Å²) in [6.45, 7) is 6.44. The van der Waals surface area contributed by atoms with Crippen LogP contribution in [0, 0.1) is 12.8 Å². The van der Waals surface area contributed by atoms with Crippen LogP contribution in [0.1, 0.15) is 37.0 Å². The average Bonchev–Trinajstić information content (AvgIpc) is 3.38. The molecule has 0 aliphatic carbocycles. The molecule has 0 bridgehead atoms. The number of hydrogen-bond acceptors (Lipinski definition) is 6. The third kappa shape index (κ3) is 4.29. The first-order valence-electron chi connectivity index (χ1n) is 11.1. The SMILES string of the molecule is COc1ccccc1N1C(=O)C(=O)/C(=C(\O)c2ccc(OCC(C)C)cc2)C1c1ccc(C)o1. The van der Waals surface area contributed by atoms with Crippen molar-refractivity contribution >= 4 is 23.1 Å². The van der Waals surface area contributed by atoms with Crippen LogP contribution in [0.2, 0.25) is 0 Å². The highest BCUT2D eigenvalue weighted by atomic mass is 16.5. The van der Waals surface area contributed by atoms with E-state index in [1.807, 2.05) is 0 Å². The van der Waals surface area contributed by atoms with Crippen LogP contribution in [0.5, 0.6) is 11.5 Å². The fraction of sp³-hybridized carbons (Fsp3) is 0.259. The van der Waals surface area contributed by atoms with Crippen molar-refractivity contribution in [3.05, 3.63) is 83.3 Å². The quantitative estimate of drug-likeness (QED) is 0.293. The number of anilines is 1. The number of carbonyl (C=O) groups excluding carboxylic acids is 2. The van der Waals surface area contributed by atoms with Crippen LogP contribution >= 0.6 is 0 Å². The van der Waals surface area contributed by atoms with Gasteiger partial charge in [-0.15, -0.1) is 0 Å². The van der Waals surface area contributed by atoms with E-state index in [0.29, 0.717) is 46.8 Å². The summed E-state index contributed by atoms with van der Waals surface area (Å²) in [6, 6.07) is 16.2. The van der Waals surface area contributed by atoms with Gasteiger partial charge in [0, 0.05) is 5.56 Å². The minimum absolute atomic E-state index is 0.0545. The molecule has 1 aliphatic heterocycles. The first-order valence-corrected chi connectivity index (χ1v) is 11.1. The van der Waals surface area contributed by atoms with Crippen LogP contribution in [-0.2, 0) is 9.59 Å². The van der Waals surface area contributed by atoms with Crippen LogP contribution in [0.15, 0.2) is 70.7 Å². The maximum Gasteiger partial charge on any atom is 0.300 e. The first kappa shape index (κ1) is 23.2. The second kappa shape index (κ2) is 9.47. The van der Waals surface area contributed by atoms with Gasteiger partial charge in [0.1, 0.15) is 34.8 Å². The fourth-order valence-electron chi connectivity index (χ4n) is 3.91. The van der Waals surface area contributed by atoms with E-state index < -0.39 is 17.7 Å². The van der Waals surface area contributed by atoms with Crippen molar-refractivity contribution in [2.45, 2.75) is 26.8 Å². The van der Waals surface area contributed by atoms with Gasteiger partial charge in [0.25, 0.3) is 11.7 Å². The highest BCUT2D eigenvalue weighted by molar-refractivity contribution is 6.51. The van der Waals surface area contributed by atoms with Crippen molar-refractivity contribution in [3.63, 3.8) is 0 Å². The Bertz CT molecular complexity index is 1240. The molecule has 1 aliphatic rings. The van der Waals surface area contributed by atoms with Gasteiger partial charge in [-0.2, -0.15) is 0 Å². The number of aryl methyl sites for hydroxylation is 1. The van der Waals surface area contributed by atoms with Crippen molar-refractivity contribution in [1.29, 1.82) is 0 Å². The van der Waals surface area contributed by atoms with Gasteiger partial charge in [-0.05, 0) is 61.4 Å². The number of Topliss-reactive ketones (excluding diaryl/α,β-unsaturated/α-hetero) is 1. The molecule has 1 amide bonds. The molecule has 0 spiro atoms. The molecule has 7 nitrogen and oxygen atoms in total. The van der Waals surface area contributed by atoms with Crippen LogP contribution in [0.4, 0.5) is 5.69 Å². The van der Waals surface area contributed by atoms with Gasteiger partial charge in [-0.3, -0.25) is 14.5 Å². The van der Waals surface area contributed by atoms with Gasteiger partial charge in [-0.25, -0.2) is 0 Å². The number of carbonyl (C=O) groups is 2. The summed E-state index contributed by atoms with van der Waals surface area (Å²) >= 11 is 0. The number of aliphatic hydroxyl groups excluding tert-OH is 1. The number of methoxy groups -OCH3 is 1. The maximum absolute atomic E-state index is 13.2. The Labute approximate surface area is 198 Å². The molecule has 1 atom stereocenters. The third-order valence-electron chi connectivity index (χ3n) is 5.53. The zero-order valence-corrected chi connectivity index (χ0v) is 19.6. The number of benzene rings is 2. The van der Waals surface area contributed by atoms with Gasteiger partial charge in [-0.1, -0.05) is 26.0 Å². The van der Waals surface area contributed by atoms with Crippen molar-refractivity contribution in [2.75, 3.05) is 18.6 Å². The Morgan fingerprint density at radius 2 is 1.76 bits per heavy atom. The monoisotopic (exact) mass is 461 g/mol. The molecular weight excluding hydrogens is 434 g/mol. The van der Waals surface area contributed by atoms with Crippen molar-refractivity contribution in [3.8, 4) is 11.5 Å². The lowest BCUT2D eigenvalue weighted by Crippen LogP contribution is -2.29. The maximum atomic E-state index is 13.2. The number of furan rings is 1. The number of hydrogen-bond donors (Lipinski definition) is 1. The molecule has 0 saturated carbocycles. The lowest BCUT2D eigenvalue weighted by molar-refractivity contribution is -0.132. The van der Waals surface area contributed by atoms with E-state index in [2.05, 4.69) is 13.8 Å². The van der Waals surface area contributed by atoms with Crippen LogP contribution in [0.25, 0.3) is 5.76 Å². The van der Waals surface area contributed by atoms with Crippen molar-refractivity contribution in [2.24, 2.45) is 5.92 Å². The minimum Gasteiger partial charge on any atom is -0.507 e. The topological polar surface area (TPSA) is 89.2 Å². The molecule has 34 heavy (non-hydrogen) atoms. The Morgan fingerprint density at radius 3 is 2.38 bits per heavy atom. The number of aliphatic hydroxyl groups is 1. The van der Waals surface area contributed by atoms with Crippen LogP contribution in [0.3, 0.4) is 0 Å². The van der Waals surface area contributed by atoms with Gasteiger partial charge in [0.15, 0.2) is 0 Å². The molecule has 0 radical (unpaired) electrons. The van der Waals surface area contributed by atoms with Crippen molar-refractivity contribution < 1.29 is 28.6 Å². The summed E-state index contributed by atoms with van der Waals surface area (Å²) in [5, 5.41) is 11.2. The molecule has 1 unspecified atom stereocenters. The molecule has 2 aromatic carbocycles. The van der Waals surface area contributed by atoms with Crippen molar-refractivity contribution in [1.82, 2.24) is 0 Å². The summed E-state index contributed by atoms with van der Waals surface area (Å²) in [7, 11) is 1.49. The Morgan fingerprint density at radius 1 is 1.06 bits per heavy atom. The predicted octanol–water partition coefficient (Wildman–Crippen LogP) is 5.26. The first-order chi connectivity index (χ1) is 16.3. The predicted molar refractivity (Wildman–Crippen MR) is 128 cm³/mol. The average molecular weight is 462 g/mol. The Hall–Kier alpha value is -4.00. The smallest absolute Gasteiger partial charge is 0.300 e. The number of ether oxygens (including phenoxy) is 2. The molecule has 2 heterocycles. The molecule has 7 heteroatoms. The van der Waals surface area contributed by atoms with E-state index in [1.165, 1.54) is 12.0 Å². The fourth-order valence-corrected chi connectivity index (χ4v) is 3.91. The molecule has 3 aromatic rings. The van der Waals surface area contributed by atoms with E-state index in [0.717, 1.165) is 0 Å². The van der Waals surface area contributed by atoms with Crippen LogP contribution < -0.4 is 14.4 Å². The molecule has 176 valence electrons. The Kier molecular flexibility index (Phi) is 6.45. The van der Waals surface area contributed by atoms with E-state index >= 15 is 0 Å². The normalized spacial score (nSPS) is 17.4. The minimum atomic E-state index is -0.957. The number of amides is 1. The summed E-state index contributed by atoms with van der Waals surface area (Å²) in [4.78, 5) is 27.8. The molecule has 4 rings (SSSR count). The lowest BCUT2D eigenvalue weighted by Gasteiger charge is -2.25. The number of ketones is 1. The largest absolute Gasteiger partial charge is 0.507 e.